The normalized spacial score (nSPS) is 19.0. The van der Waals surface area contributed by atoms with Gasteiger partial charge in [0.15, 0.2) is 0 Å². The third kappa shape index (κ3) is 3.39. The van der Waals surface area contributed by atoms with Crippen LogP contribution >= 0.6 is 0 Å². The second kappa shape index (κ2) is 6.08. The van der Waals surface area contributed by atoms with E-state index in [1.54, 1.807) is 4.90 Å². The predicted octanol–water partition coefficient (Wildman–Crippen LogP) is 0.297. The van der Waals surface area contributed by atoms with E-state index in [4.69, 9.17) is 5.14 Å². The molecule has 0 radical (unpaired) electrons. The van der Waals surface area contributed by atoms with E-state index >= 15 is 0 Å². The monoisotopic (exact) mass is 315 g/mol. The van der Waals surface area contributed by atoms with Crippen molar-refractivity contribution in [3.05, 3.63) is 29.6 Å². The van der Waals surface area contributed by atoms with E-state index in [1.165, 1.54) is 6.07 Å². The van der Waals surface area contributed by atoms with Crippen LogP contribution in [0.3, 0.4) is 0 Å². The highest BCUT2D eigenvalue weighted by Crippen LogP contribution is 2.21. The molecule has 1 heterocycles. The van der Waals surface area contributed by atoms with Crippen molar-refractivity contribution in [3.63, 3.8) is 0 Å². The fraction of sp³-hybridized carbons (Fsp3) is 0.462. The van der Waals surface area contributed by atoms with Crippen LogP contribution in [-0.4, -0.2) is 45.4 Å². The van der Waals surface area contributed by atoms with Crippen LogP contribution in [0.15, 0.2) is 23.1 Å². The van der Waals surface area contributed by atoms with Crippen LogP contribution in [0.1, 0.15) is 23.2 Å². The fourth-order valence-corrected chi connectivity index (χ4v) is 3.17. The lowest BCUT2D eigenvalue weighted by atomic mass is 10.1. The Morgan fingerprint density at radius 1 is 1.52 bits per heavy atom. The molecule has 3 N–H and O–H groups in total. The Labute approximate surface area is 123 Å². The number of hydrogen-bond donors (Lipinski definition) is 2. The molecule has 0 spiro atoms. The molecule has 1 saturated heterocycles. The summed E-state index contributed by atoms with van der Waals surface area (Å²) in [6.45, 7) is 1.28. The first-order valence-electron chi connectivity index (χ1n) is 6.62. The van der Waals surface area contributed by atoms with Crippen LogP contribution in [0.5, 0.6) is 0 Å². The number of amides is 1. The Bertz CT molecular complexity index is 648. The Morgan fingerprint density at radius 3 is 2.81 bits per heavy atom. The third-order valence-electron chi connectivity index (χ3n) is 3.56. The Hall–Kier alpha value is -1.51. The van der Waals surface area contributed by atoms with Crippen molar-refractivity contribution in [2.24, 2.45) is 5.14 Å². The van der Waals surface area contributed by atoms with Gasteiger partial charge in [0.1, 0.15) is 10.7 Å². The van der Waals surface area contributed by atoms with Gasteiger partial charge in [0.25, 0.3) is 5.91 Å². The molecular weight excluding hydrogens is 297 g/mol. The van der Waals surface area contributed by atoms with Gasteiger partial charge in [-0.25, -0.2) is 17.9 Å². The first kappa shape index (κ1) is 15.9. The standard InChI is InChI=1S/C13H18FN3O3S/c1-16-8-10-3-2-6-17(10)13(18)9-4-5-12(11(14)7-9)21(15,19)20/h4-5,7,10,16H,2-3,6,8H2,1H3,(H2,15,19,20)/t10-/m1/s1. The summed E-state index contributed by atoms with van der Waals surface area (Å²) in [6.07, 6.45) is 1.79. The van der Waals surface area contributed by atoms with Gasteiger partial charge in [-0.2, -0.15) is 0 Å². The van der Waals surface area contributed by atoms with E-state index in [-0.39, 0.29) is 17.5 Å². The van der Waals surface area contributed by atoms with E-state index in [9.17, 15) is 17.6 Å². The molecule has 8 heteroatoms. The predicted molar refractivity (Wildman–Crippen MR) is 75.8 cm³/mol. The Morgan fingerprint density at radius 2 is 2.24 bits per heavy atom. The number of likely N-dealkylation sites (N-methyl/N-ethyl adjacent to an activating group) is 1. The van der Waals surface area contributed by atoms with Gasteiger partial charge in [-0.3, -0.25) is 4.79 Å². The summed E-state index contributed by atoms with van der Waals surface area (Å²) in [5.74, 6) is -1.31. The van der Waals surface area contributed by atoms with E-state index in [1.807, 2.05) is 7.05 Å². The number of rotatable bonds is 4. The molecule has 0 aliphatic carbocycles. The van der Waals surface area contributed by atoms with E-state index in [0.29, 0.717) is 13.1 Å². The molecule has 0 unspecified atom stereocenters. The van der Waals surface area contributed by atoms with Crippen LogP contribution in [0.25, 0.3) is 0 Å². The largest absolute Gasteiger partial charge is 0.334 e. The molecule has 0 bridgehead atoms. The van der Waals surface area contributed by atoms with Crippen LogP contribution in [0, 0.1) is 5.82 Å². The second-order valence-electron chi connectivity index (χ2n) is 5.04. The smallest absolute Gasteiger partial charge is 0.254 e. The molecule has 1 fully saturated rings. The highest BCUT2D eigenvalue weighted by molar-refractivity contribution is 7.89. The molecule has 0 aromatic heterocycles. The summed E-state index contributed by atoms with van der Waals surface area (Å²) in [4.78, 5) is 13.5. The van der Waals surface area contributed by atoms with Crippen molar-refractivity contribution in [1.82, 2.24) is 10.2 Å². The maximum absolute atomic E-state index is 13.8. The molecular formula is C13H18FN3O3S. The lowest BCUT2D eigenvalue weighted by Gasteiger charge is -2.24. The zero-order chi connectivity index (χ0) is 15.6. The topological polar surface area (TPSA) is 92.5 Å². The van der Waals surface area contributed by atoms with Crippen LogP contribution in [-0.2, 0) is 10.0 Å². The minimum absolute atomic E-state index is 0.0727. The zero-order valence-electron chi connectivity index (χ0n) is 11.7. The van der Waals surface area contributed by atoms with Crippen molar-refractivity contribution in [1.29, 1.82) is 0 Å². The average Bonchev–Trinajstić information content (AvgIpc) is 2.85. The zero-order valence-corrected chi connectivity index (χ0v) is 12.5. The van der Waals surface area contributed by atoms with Gasteiger partial charge in [0, 0.05) is 24.7 Å². The molecule has 1 aromatic rings. The number of hydrogen-bond acceptors (Lipinski definition) is 4. The number of sulfonamides is 1. The van der Waals surface area contributed by atoms with Crippen molar-refractivity contribution < 1.29 is 17.6 Å². The molecule has 2 rings (SSSR count). The molecule has 1 amide bonds. The number of benzene rings is 1. The molecule has 6 nitrogen and oxygen atoms in total. The lowest BCUT2D eigenvalue weighted by molar-refractivity contribution is 0.0736. The molecule has 1 atom stereocenters. The highest BCUT2D eigenvalue weighted by atomic mass is 32.2. The van der Waals surface area contributed by atoms with E-state index in [2.05, 4.69) is 5.32 Å². The van der Waals surface area contributed by atoms with Gasteiger partial charge in [-0.15, -0.1) is 0 Å². The minimum Gasteiger partial charge on any atom is -0.334 e. The van der Waals surface area contributed by atoms with Gasteiger partial charge in [0.05, 0.1) is 0 Å². The van der Waals surface area contributed by atoms with E-state index < -0.39 is 20.7 Å². The van der Waals surface area contributed by atoms with E-state index in [0.717, 1.165) is 25.0 Å². The lowest BCUT2D eigenvalue weighted by Crippen LogP contribution is -2.40. The summed E-state index contributed by atoms with van der Waals surface area (Å²) in [5, 5.41) is 7.92. The molecule has 21 heavy (non-hydrogen) atoms. The first-order chi connectivity index (χ1) is 9.84. The third-order valence-corrected chi connectivity index (χ3v) is 4.51. The number of nitrogens with two attached hydrogens (primary N) is 1. The fourth-order valence-electron chi connectivity index (χ4n) is 2.58. The molecule has 1 aliphatic heterocycles. The molecule has 1 aliphatic rings. The number of likely N-dealkylation sites (tertiary alicyclic amines) is 1. The van der Waals surface area contributed by atoms with Crippen molar-refractivity contribution in [2.45, 2.75) is 23.8 Å². The average molecular weight is 315 g/mol. The summed E-state index contributed by atoms with van der Waals surface area (Å²) in [5.41, 5.74) is 0.128. The van der Waals surface area contributed by atoms with Crippen molar-refractivity contribution in [2.75, 3.05) is 20.1 Å². The van der Waals surface area contributed by atoms with Gasteiger partial charge < -0.3 is 10.2 Å². The number of nitrogens with zero attached hydrogens (tertiary/aromatic N) is 1. The Balaban J connectivity index is 2.26. The van der Waals surface area contributed by atoms with Gasteiger partial charge in [-0.05, 0) is 38.1 Å². The van der Waals surface area contributed by atoms with Crippen molar-refractivity contribution in [3.8, 4) is 0 Å². The van der Waals surface area contributed by atoms with Gasteiger partial charge in [0.2, 0.25) is 10.0 Å². The van der Waals surface area contributed by atoms with Gasteiger partial charge in [-0.1, -0.05) is 0 Å². The minimum atomic E-state index is -4.12. The van der Waals surface area contributed by atoms with Crippen molar-refractivity contribution >= 4 is 15.9 Å². The second-order valence-corrected chi connectivity index (χ2v) is 6.57. The quantitative estimate of drug-likeness (QED) is 0.835. The van der Waals surface area contributed by atoms with Crippen LogP contribution < -0.4 is 10.5 Å². The highest BCUT2D eigenvalue weighted by Gasteiger charge is 2.29. The first-order valence-corrected chi connectivity index (χ1v) is 8.17. The number of nitrogens with one attached hydrogen (secondary N) is 1. The number of carbonyl (C=O) groups is 1. The number of halogens is 1. The molecule has 0 saturated carbocycles. The summed E-state index contributed by atoms with van der Waals surface area (Å²) >= 11 is 0. The maximum atomic E-state index is 13.8. The van der Waals surface area contributed by atoms with Crippen LogP contribution in [0.4, 0.5) is 4.39 Å². The summed E-state index contributed by atoms with van der Waals surface area (Å²) < 4.78 is 36.1. The number of primary sulfonamides is 1. The Kier molecular flexibility index (Phi) is 4.60. The summed E-state index contributed by atoms with van der Waals surface area (Å²) in [6, 6.07) is 3.32. The number of carbonyl (C=O) groups excluding carboxylic acids is 1. The SMILES string of the molecule is CNC[C@H]1CCCN1C(=O)c1ccc(S(N)(=O)=O)c(F)c1. The molecule has 1 aromatic carbocycles. The molecule has 116 valence electrons. The van der Waals surface area contributed by atoms with Crippen LogP contribution in [0.2, 0.25) is 0 Å². The summed E-state index contributed by atoms with van der Waals surface area (Å²) in [7, 11) is -2.32. The maximum Gasteiger partial charge on any atom is 0.254 e. The van der Waals surface area contributed by atoms with Gasteiger partial charge >= 0.3 is 0 Å².